The van der Waals surface area contributed by atoms with E-state index in [1.165, 1.54) is 5.56 Å². The zero-order valence-corrected chi connectivity index (χ0v) is 12.0. The summed E-state index contributed by atoms with van der Waals surface area (Å²) in [6.07, 6.45) is 2.17. The van der Waals surface area contributed by atoms with Gasteiger partial charge in [0.05, 0.1) is 0 Å². The Kier molecular flexibility index (Phi) is 3.99. The van der Waals surface area contributed by atoms with Crippen molar-refractivity contribution in [2.75, 3.05) is 5.73 Å². The molecule has 0 unspecified atom stereocenters. The Hall–Kier alpha value is -2.90. The van der Waals surface area contributed by atoms with Crippen LogP contribution in [-0.2, 0) is 13.0 Å². The third-order valence-electron chi connectivity index (χ3n) is 3.02. The summed E-state index contributed by atoms with van der Waals surface area (Å²) in [6, 6.07) is 7.92. The van der Waals surface area contributed by atoms with E-state index in [1.54, 1.807) is 0 Å². The standard InChI is InChI=1S/C14H15N5O3/c1-2-3-9-4-6-10(7-5-9)20-8-11-16-14(19-21-11)12-13(15)18-22-17-12/h4-7H,2-3,8H2,1H3,(H2,15,18). The molecule has 2 N–H and O–H groups in total. The summed E-state index contributed by atoms with van der Waals surface area (Å²) >= 11 is 0. The Morgan fingerprint density at radius 1 is 1.14 bits per heavy atom. The first kappa shape index (κ1) is 14.1. The number of nitrogens with two attached hydrogens (primary N) is 1. The number of benzene rings is 1. The Morgan fingerprint density at radius 2 is 1.95 bits per heavy atom. The van der Waals surface area contributed by atoms with Gasteiger partial charge >= 0.3 is 0 Å². The molecule has 114 valence electrons. The molecule has 2 heterocycles. The van der Waals surface area contributed by atoms with Gasteiger partial charge < -0.3 is 15.0 Å². The quantitative estimate of drug-likeness (QED) is 0.737. The van der Waals surface area contributed by atoms with Crippen molar-refractivity contribution in [3.63, 3.8) is 0 Å². The molecule has 0 aliphatic carbocycles. The Bertz CT molecular complexity index is 735. The first-order chi connectivity index (χ1) is 10.8. The summed E-state index contributed by atoms with van der Waals surface area (Å²) in [5.41, 5.74) is 7.10. The van der Waals surface area contributed by atoms with Gasteiger partial charge in [0.2, 0.25) is 5.82 Å². The summed E-state index contributed by atoms with van der Waals surface area (Å²) in [5.74, 6) is 1.38. The average Bonchev–Trinajstić information content (AvgIpc) is 3.15. The summed E-state index contributed by atoms with van der Waals surface area (Å²) in [4.78, 5) is 4.13. The maximum atomic E-state index is 5.60. The average molecular weight is 301 g/mol. The van der Waals surface area contributed by atoms with Crippen LogP contribution >= 0.6 is 0 Å². The highest BCUT2D eigenvalue weighted by atomic mass is 16.6. The highest BCUT2D eigenvalue weighted by Crippen LogP contribution is 2.19. The number of nitrogen functional groups attached to an aromatic ring is 1. The van der Waals surface area contributed by atoms with E-state index in [9.17, 15) is 0 Å². The Balaban J connectivity index is 1.62. The molecule has 3 aromatic rings. The van der Waals surface area contributed by atoms with Gasteiger partial charge in [-0.25, -0.2) is 4.63 Å². The molecule has 0 radical (unpaired) electrons. The molecule has 0 saturated carbocycles. The van der Waals surface area contributed by atoms with Gasteiger partial charge in [-0.2, -0.15) is 4.98 Å². The van der Waals surface area contributed by atoms with Crippen LogP contribution in [0.3, 0.4) is 0 Å². The first-order valence-electron chi connectivity index (χ1n) is 6.89. The third kappa shape index (κ3) is 3.05. The molecule has 0 amide bonds. The van der Waals surface area contributed by atoms with Crippen molar-refractivity contribution in [3.8, 4) is 17.3 Å². The lowest BCUT2D eigenvalue weighted by Crippen LogP contribution is -1.96. The molecule has 0 spiro atoms. The summed E-state index contributed by atoms with van der Waals surface area (Å²) < 4.78 is 15.2. The van der Waals surface area contributed by atoms with Crippen molar-refractivity contribution in [2.45, 2.75) is 26.4 Å². The van der Waals surface area contributed by atoms with Gasteiger partial charge in [0.15, 0.2) is 18.1 Å². The highest BCUT2D eigenvalue weighted by molar-refractivity contribution is 5.61. The third-order valence-corrected chi connectivity index (χ3v) is 3.02. The molecule has 0 saturated heterocycles. The molecular weight excluding hydrogens is 286 g/mol. The molecule has 0 bridgehead atoms. The van der Waals surface area contributed by atoms with E-state index in [4.69, 9.17) is 15.0 Å². The highest BCUT2D eigenvalue weighted by Gasteiger charge is 2.16. The smallest absolute Gasteiger partial charge is 0.264 e. The Labute approximate surface area is 126 Å². The zero-order valence-electron chi connectivity index (χ0n) is 12.0. The maximum absolute atomic E-state index is 5.60. The second kappa shape index (κ2) is 6.25. The van der Waals surface area contributed by atoms with Crippen molar-refractivity contribution >= 4 is 5.82 Å². The predicted octanol–water partition coefficient (Wildman–Crippen LogP) is 2.23. The molecule has 0 atom stereocenters. The molecular formula is C14H15N5O3. The number of rotatable bonds is 6. The van der Waals surface area contributed by atoms with Gasteiger partial charge in [0, 0.05) is 0 Å². The molecule has 3 rings (SSSR count). The largest absolute Gasteiger partial charge is 0.484 e. The molecule has 8 heteroatoms. The number of aromatic nitrogens is 4. The lowest BCUT2D eigenvalue weighted by molar-refractivity contribution is 0.243. The molecule has 22 heavy (non-hydrogen) atoms. The molecule has 0 fully saturated rings. The summed E-state index contributed by atoms with van der Waals surface area (Å²) in [6.45, 7) is 2.31. The van der Waals surface area contributed by atoms with Crippen LogP contribution in [0.5, 0.6) is 5.75 Å². The van der Waals surface area contributed by atoms with Gasteiger partial charge in [-0.3, -0.25) is 0 Å². The second-order valence-corrected chi connectivity index (χ2v) is 4.69. The number of hydrogen-bond donors (Lipinski definition) is 1. The zero-order chi connectivity index (χ0) is 15.4. The minimum Gasteiger partial charge on any atom is -0.484 e. The van der Waals surface area contributed by atoms with Crippen molar-refractivity contribution in [3.05, 3.63) is 35.7 Å². The van der Waals surface area contributed by atoms with Crippen LogP contribution in [-0.4, -0.2) is 20.5 Å². The minimum absolute atomic E-state index is 0.111. The van der Waals surface area contributed by atoms with Gasteiger partial charge in [-0.15, -0.1) is 0 Å². The number of ether oxygens (including phenoxy) is 1. The topological polar surface area (TPSA) is 113 Å². The van der Waals surface area contributed by atoms with Gasteiger partial charge in [0.25, 0.3) is 5.89 Å². The van der Waals surface area contributed by atoms with Crippen molar-refractivity contribution in [1.29, 1.82) is 0 Å². The fourth-order valence-electron chi connectivity index (χ4n) is 1.95. The van der Waals surface area contributed by atoms with Gasteiger partial charge in [0.1, 0.15) is 5.75 Å². The van der Waals surface area contributed by atoms with Gasteiger partial charge in [-0.1, -0.05) is 30.6 Å². The maximum Gasteiger partial charge on any atom is 0.264 e. The fraction of sp³-hybridized carbons (Fsp3) is 0.286. The van der Waals surface area contributed by atoms with E-state index < -0.39 is 0 Å². The van der Waals surface area contributed by atoms with Crippen LogP contribution in [0.1, 0.15) is 24.8 Å². The van der Waals surface area contributed by atoms with Crippen molar-refractivity contribution < 1.29 is 13.9 Å². The first-order valence-corrected chi connectivity index (χ1v) is 6.89. The van der Waals surface area contributed by atoms with Crippen LogP contribution in [0.2, 0.25) is 0 Å². The van der Waals surface area contributed by atoms with Crippen LogP contribution in [0.4, 0.5) is 5.82 Å². The van der Waals surface area contributed by atoms with Crippen molar-refractivity contribution in [1.82, 2.24) is 20.5 Å². The van der Waals surface area contributed by atoms with Crippen LogP contribution in [0.15, 0.2) is 33.4 Å². The lowest BCUT2D eigenvalue weighted by Gasteiger charge is -2.04. The van der Waals surface area contributed by atoms with E-state index in [-0.39, 0.29) is 23.9 Å². The van der Waals surface area contributed by atoms with Crippen LogP contribution < -0.4 is 10.5 Å². The van der Waals surface area contributed by atoms with E-state index in [1.807, 2.05) is 24.3 Å². The van der Waals surface area contributed by atoms with Crippen molar-refractivity contribution in [2.24, 2.45) is 0 Å². The van der Waals surface area contributed by atoms with E-state index in [0.29, 0.717) is 5.89 Å². The number of hydrogen-bond acceptors (Lipinski definition) is 8. The molecule has 0 aliphatic rings. The number of nitrogens with zero attached hydrogens (tertiary/aromatic N) is 4. The molecule has 0 aliphatic heterocycles. The lowest BCUT2D eigenvalue weighted by atomic mass is 10.1. The number of aryl methyl sites for hydroxylation is 1. The SMILES string of the molecule is CCCc1ccc(OCc2nc(-c3nonc3N)no2)cc1. The van der Waals surface area contributed by atoms with E-state index >= 15 is 0 Å². The van der Waals surface area contributed by atoms with Crippen LogP contribution in [0, 0.1) is 0 Å². The predicted molar refractivity (Wildman–Crippen MR) is 76.8 cm³/mol. The van der Waals surface area contributed by atoms with Crippen LogP contribution in [0.25, 0.3) is 11.5 Å². The normalized spacial score (nSPS) is 10.8. The summed E-state index contributed by atoms with van der Waals surface area (Å²) in [5, 5.41) is 10.8. The monoisotopic (exact) mass is 301 g/mol. The van der Waals surface area contributed by atoms with E-state index in [0.717, 1.165) is 18.6 Å². The number of anilines is 1. The van der Waals surface area contributed by atoms with E-state index in [2.05, 4.69) is 32.0 Å². The fourth-order valence-corrected chi connectivity index (χ4v) is 1.95. The minimum atomic E-state index is 0.111. The molecule has 8 nitrogen and oxygen atoms in total. The Morgan fingerprint density at radius 3 is 2.64 bits per heavy atom. The van der Waals surface area contributed by atoms with Gasteiger partial charge in [-0.05, 0) is 34.4 Å². The summed E-state index contributed by atoms with van der Waals surface area (Å²) in [7, 11) is 0. The molecule has 1 aromatic carbocycles. The molecule has 2 aromatic heterocycles. The second-order valence-electron chi connectivity index (χ2n) is 4.69.